The summed E-state index contributed by atoms with van der Waals surface area (Å²) in [6.07, 6.45) is 1.61. The molecule has 0 spiro atoms. The van der Waals surface area contributed by atoms with Crippen LogP contribution in [0.15, 0.2) is 58.7 Å². The number of hydrogen-bond acceptors (Lipinski definition) is 5. The average molecular weight is 398 g/mol. The highest BCUT2D eigenvalue weighted by atomic mass is 35.5. The molecular weight excluding hydrogens is 377 g/mol. The molecule has 6 rings (SSSR count). The SMILES string of the molecule is Fc1cccc(C=NN=C(c2ccc(Cl)cc2)C23CN4CN(CN(C4)C2)C3)c1. The van der Waals surface area contributed by atoms with Crippen molar-refractivity contribution in [1.29, 1.82) is 0 Å². The minimum atomic E-state index is -0.277. The van der Waals surface area contributed by atoms with Gasteiger partial charge in [-0.2, -0.15) is 10.2 Å². The van der Waals surface area contributed by atoms with Crippen LogP contribution in [0, 0.1) is 11.2 Å². The van der Waals surface area contributed by atoms with E-state index in [9.17, 15) is 4.39 Å². The lowest BCUT2D eigenvalue weighted by atomic mass is 9.74. The van der Waals surface area contributed by atoms with E-state index < -0.39 is 0 Å². The first-order chi connectivity index (χ1) is 13.6. The van der Waals surface area contributed by atoms with E-state index in [1.807, 2.05) is 30.3 Å². The van der Waals surface area contributed by atoms with E-state index in [1.165, 1.54) is 12.1 Å². The van der Waals surface area contributed by atoms with Crippen LogP contribution in [0.5, 0.6) is 0 Å². The smallest absolute Gasteiger partial charge is 0.123 e. The van der Waals surface area contributed by atoms with Crippen LogP contribution >= 0.6 is 11.6 Å². The van der Waals surface area contributed by atoms with Crippen molar-refractivity contribution in [3.63, 3.8) is 0 Å². The summed E-state index contributed by atoms with van der Waals surface area (Å²) >= 11 is 6.10. The molecule has 144 valence electrons. The predicted octanol–water partition coefficient (Wildman–Crippen LogP) is 3.11. The number of hydrogen-bond donors (Lipinski definition) is 0. The van der Waals surface area contributed by atoms with Crippen LogP contribution in [-0.4, -0.2) is 66.3 Å². The topological polar surface area (TPSA) is 34.4 Å². The van der Waals surface area contributed by atoms with Gasteiger partial charge in [-0.05, 0) is 35.4 Å². The number of benzene rings is 2. The van der Waals surface area contributed by atoms with Gasteiger partial charge in [-0.15, -0.1) is 0 Å². The van der Waals surface area contributed by atoms with E-state index in [0.717, 1.165) is 50.9 Å². The van der Waals surface area contributed by atoms with Crippen molar-refractivity contribution < 1.29 is 4.39 Å². The van der Waals surface area contributed by atoms with E-state index in [-0.39, 0.29) is 11.2 Å². The molecule has 0 N–H and O–H groups in total. The van der Waals surface area contributed by atoms with E-state index in [2.05, 4.69) is 24.9 Å². The molecule has 7 heteroatoms. The maximum atomic E-state index is 13.4. The fourth-order valence-electron chi connectivity index (χ4n) is 4.76. The highest BCUT2D eigenvalue weighted by molar-refractivity contribution is 6.30. The third kappa shape index (κ3) is 3.37. The Balaban J connectivity index is 1.53. The van der Waals surface area contributed by atoms with Crippen molar-refractivity contribution >= 4 is 23.5 Å². The summed E-state index contributed by atoms with van der Waals surface area (Å²) in [6, 6.07) is 14.2. The summed E-state index contributed by atoms with van der Waals surface area (Å²) in [5, 5.41) is 9.73. The maximum absolute atomic E-state index is 13.4. The fourth-order valence-corrected chi connectivity index (χ4v) is 4.89. The maximum Gasteiger partial charge on any atom is 0.123 e. The van der Waals surface area contributed by atoms with Crippen molar-refractivity contribution in [3.8, 4) is 0 Å². The van der Waals surface area contributed by atoms with E-state index in [1.54, 1.807) is 12.3 Å². The van der Waals surface area contributed by atoms with Gasteiger partial charge < -0.3 is 0 Å². The third-order valence-electron chi connectivity index (χ3n) is 5.61. The lowest BCUT2D eigenvalue weighted by Crippen LogP contribution is -2.74. The van der Waals surface area contributed by atoms with Gasteiger partial charge in [-0.25, -0.2) is 4.39 Å². The molecule has 0 radical (unpaired) electrons. The quantitative estimate of drug-likeness (QED) is 0.587. The summed E-state index contributed by atoms with van der Waals surface area (Å²) in [4.78, 5) is 7.37. The molecule has 2 aromatic carbocycles. The average Bonchev–Trinajstić information content (AvgIpc) is 2.65. The third-order valence-corrected chi connectivity index (χ3v) is 5.86. The summed E-state index contributed by atoms with van der Waals surface area (Å²) in [5.74, 6) is -0.277. The Morgan fingerprint density at radius 3 is 2.21 bits per heavy atom. The largest absolute Gasteiger partial charge is 0.276 e. The number of halogens is 2. The molecule has 0 aromatic heterocycles. The van der Waals surface area contributed by atoms with Gasteiger partial charge in [0, 0.05) is 24.7 Å². The molecule has 0 atom stereocenters. The molecule has 0 aliphatic carbocycles. The zero-order valence-corrected chi connectivity index (χ0v) is 16.2. The van der Waals surface area contributed by atoms with Crippen LogP contribution in [0.3, 0.4) is 0 Å². The summed E-state index contributed by atoms with van der Waals surface area (Å²) in [7, 11) is 0. The van der Waals surface area contributed by atoms with Crippen LogP contribution in [0.25, 0.3) is 0 Å². The van der Waals surface area contributed by atoms with Crippen LogP contribution < -0.4 is 0 Å². The zero-order chi connectivity index (χ0) is 19.1. The van der Waals surface area contributed by atoms with Gasteiger partial charge in [0.05, 0.1) is 37.3 Å². The van der Waals surface area contributed by atoms with Gasteiger partial charge >= 0.3 is 0 Å². The first kappa shape index (κ1) is 17.9. The lowest BCUT2D eigenvalue weighted by molar-refractivity contribution is -0.149. The van der Waals surface area contributed by atoms with E-state index >= 15 is 0 Å². The highest BCUT2D eigenvalue weighted by Gasteiger charge is 2.51. The van der Waals surface area contributed by atoms with Gasteiger partial charge in [-0.3, -0.25) is 14.7 Å². The van der Waals surface area contributed by atoms with Gasteiger partial charge in [0.25, 0.3) is 0 Å². The van der Waals surface area contributed by atoms with Crippen molar-refractivity contribution in [3.05, 3.63) is 70.5 Å². The Morgan fingerprint density at radius 2 is 1.61 bits per heavy atom. The molecule has 0 saturated carbocycles. The van der Waals surface area contributed by atoms with Crippen molar-refractivity contribution in [2.24, 2.45) is 15.6 Å². The molecule has 4 aliphatic rings. The van der Waals surface area contributed by atoms with E-state index in [4.69, 9.17) is 11.6 Å². The molecule has 4 bridgehead atoms. The van der Waals surface area contributed by atoms with Gasteiger partial charge in [0.2, 0.25) is 0 Å². The highest BCUT2D eigenvalue weighted by Crippen LogP contribution is 2.38. The Morgan fingerprint density at radius 1 is 0.964 bits per heavy atom. The van der Waals surface area contributed by atoms with Crippen LogP contribution in [0.4, 0.5) is 4.39 Å². The minimum Gasteiger partial charge on any atom is -0.276 e. The lowest BCUT2D eigenvalue weighted by Gasteiger charge is -2.60. The number of rotatable bonds is 4. The standard InChI is InChI=1S/C21H21ClFN5/c22-18-6-4-17(5-7-18)20(25-24-9-16-2-1-3-19(23)8-16)21-10-26-13-27(11-21)15-28(12-21)14-26/h1-9H,10-15H2. The molecule has 0 unspecified atom stereocenters. The van der Waals surface area contributed by atoms with Crippen LogP contribution in [-0.2, 0) is 0 Å². The molecule has 0 amide bonds. The van der Waals surface area contributed by atoms with Gasteiger partial charge in [-0.1, -0.05) is 35.9 Å². The zero-order valence-electron chi connectivity index (χ0n) is 15.4. The summed E-state index contributed by atoms with van der Waals surface area (Å²) < 4.78 is 13.4. The van der Waals surface area contributed by atoms with Gasteiger partial charge in [0.1, 0.15) is 5.82 Å². The Labute approximate surface area is 168 Å². The van der Waals surface area contributed by atoms with Crippen molar-refractivity contribution in [2.45, 2.75) is 0 Å². The second-order valence-corrected chi connectivity index (χ2v) is 8.38. The molecular formula is C21H21ClFN5. The molecule has 4 aliphatic heterocycles. The second-order valence-electron chi connectivity index (χ2n) is 7.95. The number of nitrogens with zero attached hydrogens (tertiary/aromatic N) is 5. The van der Waals surface area contributed by atoms with Crippen LogP contribution in [0.2, 0.25) is 5.02 Å². The summed E-state index contributed by atoms with van der Waals surface area (Å²) in [5.41, 5.74) is 2.60. The monoisotopic (exact) mass is 397 g/mol. The minimum absolute atomic E-state index is 0.0954. The normalized spacial score (nSPS) is 31.6. The molecule has 5 nitrogen and oxygen atoms in total. The molecule has 4 fully saturated rings. The fraction of sp³-hybridized carbons (Fsp3) is 0.333. The first-order valence-corrected chi connectivity index (χ1v) is 9.78. The Bertz CT molecular complexity index is 905. The van der Waals surface area contributed by atoms with Crippen molar-refractivity contribution in [1.82, 2.24) is 14.7 Å². The molecule has 4 heterocycles. The Kier molecular flexibility index (Phi) is 4.51. The van der Waals surface area contributed by atoms with Crippen LogP contribution in [0.1, 0.15) is 11.1 Å². The van der Waals surface area contributed by atoms with E-state index in [0.29, 0.717) is 10.6 Å². The molecule has 2 aromatic rings. The second kappa shape index (κ2) is 7.04. The molecule has 4 saturated heterocycles. The van der Waals surface area contributed by atoms with Gasteiger partial charge in [0.15, 0.2) is 0 Å². The molecule has 28 heavy (non-hydrogen) atoms. The van der Waals surface area contributed by atoms with Crippen molar-refractivity contribution in [2.75, 3.05) is 39.6 Å². The first-order valence-electron chi connectivity index (χ1n) is 9.40. The predicted molar refractivity (Wildman–Crippen MR) is 109 cm³/mol. The summed E-state index contributed by atoms with van der Waals surface area (Å²) in [6.45, 7) is 5.95. The Hall–Kier alpha value is -2.12.